The Hall–Kier alpha value is -2.32. The number of benzene rings is 2. The highest BCUT2D eigenvalue weighted by molar-refractivity contribution is 7.89. The average molecular weight is 422 g/mol. The van der Waals surface area contributed by atoms with Crippen LogP contribution in [-0.2, 0) is 27.8 Å². The minimum absolute atomic E-state index is 0.0479. The maximum atomic E-state index is 13.6. The van der Waals surface area contributed by atoms with Gasteiger partial charge in [-0.25, -0.2) is 17.2 Å². The predicted molar refractivity (Wildman–Crippen MR) is 106 cm³/mol. The van der Waals surface area contributed by atoms with Gasteiger partial charge in [-0.2, -0.15) is 4.31 Å². The van der Waals surface area contributed by atoms with Crippen LogP contribution in [0.1, 0.15) is 36.8 Å². The SMILES string of the molecule is O=C(CCc1c(F)cccc1F)NCc1cccc(S(=O)(=O)N2CCCCC2)c1. The molecule has 0 saturated carbocycles. The number of hydrogen-bond donors (Lipinski definition) is 1. The van der Waals surface area contributed by atoms with Gasteiger partial charge in [0.15, 0.2) is 0 Å². The Labute approximate surface area is 169 Å². The number of rotatable bonds is 7. The second-order valence-corrected chi connectivity index (χ2v) is 9.03. The van der Waals surface area contributed by atoms with Crippen molar-refractivity contribution in [1.29, 1.82) is 0 Å². The number of sulfonamides is 1. The second-order valence-electron chi connectivity index (χ2n) is 7.09. The van der Waals surface area contributed by atoms with Crippen LogP contribution < -0.4 is 5.32 Å². The zero-order chi connectivity index (χ0) is 20.9. The van der Waals surface area contributed by atoms with E-state index in [1.54, 1.807) is 24.3 Å². The van der Waals surface area contributed by atoms with E-state index < -0.39 is 21.7 Å². The van der Waals surface area contributed by atoms with E-state index in [0.717, 1.165) is 31.4 Å². The fourth-order valence-corrected chi connectivity index (χ4v) is 4.96. The molecule has 3 rings (SSSR count). The van der Waals surface area contributed by atoms with E-state index in [-0.39, 0.29) is 35.8 Å². The summed E-state index contributed by atoms with van der Waals surface area (Å²) in [7, 11) is -3.54. The van der Waals surface area contributed by atoms with Gasteiger partial charge in [-0.15, -0.1) is 0 Å². The molecule has 2 aromatic rings. The smallest absolute Gasteiger partial charge is 0.243 e. The van der Waals surface area contributed by atoms with Crippen LogP contribution in [0.3, 0.4) is 0 Å². The summed E-state index contributed by atoms with van der Waals surface area (Å²) in [6, 6.07) is 10.1. The van der Waals surface area contributed by atoms with E-state index >= 15 is 0 Å². The third-order valence-electron chi connectivity index (χ3n) is 5.00. The van der Waals surface area contributed by atoms with Crippen LogP contribution in [0.25, 0.3) is 0 Å². The molecule has 1 heterocycles. The Morgan fingerprint density at radius 2 is 1.66 bits per heavy atom. The zero-order valence-electron chi connectivity index (χ0n) is 16.0. The van der Waals surface area contributed by atoms with Crippen molar-refractivity contribution in [2.24, 2.45) is 0 Å². The summed E-state index contributed by atoms with van der Waals surface area (Å²) in [5.74, 6) is -1.71. The molecule has 0 aliphatic carbocycles. The van der Waals surface area contributed by atoms with Gasteiger partial charge in [0, 0.05) is 31.6 Å². The highest BCUT2D eigenvalue weighted by Gasteiger charge is 2.25. The predicted octanol–water partition coefficient (Wildman–Crippen LogP) is 3.39. The summed E-state index contributed by atoms with van der Waals surface area (Å²) < 4.78 is 54.3. The van der Waals surface area contributed by atoms with Gasteiger partial charge in [0.05, 0.1) is 4.90 Å². The second kappa shape index (κ2) is 9.45. The van der Waals surface area contributed by atoms with Gasteiger partial charge in [0.25, 0.3) is 0 Å². The maximum absolute atomic E-state index is 13.6. The van der Waals surface area contributed by atoms with Crippen molar-refractivity contribution >= 4 is 15.9 Å². The Bertz CT molecular complexity index is 953. The quantitative estimate of drug-likeness (QED) is 0.744. The van der Waals surface area contributed by atoms with E-state index in [2.05, 4.69) is 5.32 Å². The monoisotopic (exact) mass is 422 g/mol. The number of hydrogen-bond acceptors (Lipinski definition) is 3. The van der Waals surface area contributed by atoms with Gasteiger partial charge in [0.2, 0.25) is 15.9 Å². The third-order valence-corrected chi connectivity index (χ3v) is 6.90. The molecule has 1 amide bonds. The lowest BCUT2D eigenvalue weighted by Gasteiger charge is -2.26. The topological polar surface area (TPSA) is 66.5 Å². The van der Waals surface area contributed by atoms with Gasteiger partial charge in [-0.3, -0.25) is 4.79 Å². The lowest BCUT2D eigenvalue weighted by atomic mass is 10.1. The Kier molecular flexibility index (Phi) is 6.97. The lowest BCUT2D eigenvalue weighted by Crippen LogP contribution is -2.35. The Balaban J connectivity index is 1.58. The summed E-state index contributed by atoms with van der Waals surface area (Å²) in [5.41, 5.74) is 0.533. The van der Waals surface area contributed by atoms with Crippen molar-refractivity contribution in [3.8, 4) is 0 Å². The summed E-state index contributed by atoms with van der Waals surface area (Å²) in [5, 5.41) is 2.67. The molecule has 156 valence electrons. The fourth-order valence-electron chi connectivity index (χ4n) is 3.37. The van der Waals surface area contributed by atoms with Crippen LogP contribution in [0, 0.1) is 11.6 Å². The molecule has 1 aliphatic heterocycles. The van der Waals surface area contributed by atoms with Crippen LogP contribution in [0.5, 0.6) is 0 Å². The van der Waals surface area contributed by atoms with Crippen LogP contribution in [0.2, 0.25) is 0 Å². The van der Waals surface area contributed by atoms with Crippen molar-refractivity contribution in [1.82, 2.24) is 9.62 Å². The molecule has 1 fully saturated rings. The fraction of sp³-hybridized carbons (Fsp3) is 0.381. The number of piperidine rings is 1. The van der Waals surface area contributed by atoms with Crippen LogP contribution in [0.4, 0.5) is 8.78 Å². The van der Waals surface area contributed by atoms with Crippen LogP contribution >= 0.6 is 0 Å². The molecule has 1 saturated heterocycles. The molecular weight excluding hydrogens is 398 g/mol. The third kappa shape index (κ3) is 5.39. The zero-order valence-corrected chi connectivity index (χ0v) is 16.9. The number of nitrogens with one attached hydrogen (secondary N) is 1. The van der Waals surface area contributed by atoms with Gasteiger partial charge < -0.3 is 5.32 Å². The van der Waals surface area contributed by atoms with Crippen molar-refractivity contribution in [2.75, 3.05) is 13.1 Å². The molecule has 0 bridgehead atoms. The first-order valence-electron chi connectivity index (χ1n) is 9.66. The van der Waals surface area contributed by atoms with E-state index in [1.165, 1.54) is 10.4 Å². The summed E-state index contributed by atoms with van der Waals surface area (Å²) in [6.45, 7) is 1.19. The van der Waals surface area contributed by atoms with Crippen molar-refractivity contribution in [2.45, 2.75) is 43.5 Å². The van der Waals surface area contributed by atoms with E-state index in [9.17, 15) is 22.0 Å². The molecule has 8 heteroatoms. The Morgan fingerprint density at radius 3 is 2.34 bits per heavy atom. The van der Waals surface area contributed by atoms with Gasteiger partial charge in [-0.05, 0) is 49.1 Å². The molecule has 1 N–H and O–H groups in total. The maximum Gasteiger partial charge on any atom is 0.243 e. The molecular formula is C21H24F2N2O3S. The van der Waals surface area contributed by atoms with Gasteiger partial charge in [-0.1, -0.05) is 24.6 Å². The first-order valence-corrected chi connectivity index (χ1v) is 11.1. The number of halogens is 2. The largest absolute Gasteiger partial charge is 0.352 e. The van der Waals surface area contributed by atoms with E-state index in [0.29, 0.717) is 18.7 Å². The summed E-state index contributed by atoms with van der Waals surface area (Å²) in [6.07, 6.45) is 2.64. The molecule has 0 aromatic heterocycles. The first kappa shape index (κ1) is 21.4. The number of carbonyl (C=O) groups excluding carboxylic acids is 1. The molecule has 0 unspecified atom stereocenters. The minimum atomic E-state index is -3.54. The normalized spacial score (nSPS) is 15.2. The molecule has 0 radical (unpaired) electrons. The molecule has 1 aliphatic rings. The standard InChI is InChI=1S/C21H24F2N2O3S/c22-19-8-5-9-20(23)18(19)10-11-21(26)24-15-16-6-4-7-17(14-16)29(27,28)25-12-2-1-3-13-25/h4-9,14H,1-3,10-13,15H2,(H,24,26). The van der Waals surface area contributed by atoms with Crippen LogP contribution in [0.15, 0.2) is 47.4 Å². The number of nitrogens with zero attached hydrogens (tertiary/aromatic N) is 1. The van der Waals surface area contributed by atoms with Crippen molar-refractivity contribution in [3.63, 3.8) is 0 Å². The lowest BCUT2D eigenvalue weighted by molar-refractivity contribution is -0.121. The minimum Gasteiger partial charge on any atom is -0.352 e. The first-order chi connectivity index (χ1) is 13.9. The van der Waals surface area contributed by atoms with Gasteiger partial charge in [0.1, 0.15) is 11.6 Å². The van der Waals surface area contributed by atoms with Gasteiger partial charge >= 0.3 is 0 Å². The van der Waals surface area contributed by atoms with Crippen molar-refractivity contribution in [3.05, 3.63) is 65.2 Å². The molecule has 0 atom stereocenters. The average Bonchev–Trinajstić information content (AvgIpc) is 2.73. The Morgan fingerprint density at radius 1 is 1.00 bits per heavy atom. The number of amides is 1. The van der Waals surface area contributed by atoms with E-state index in [1.807, 2.05) is 0 Å². The highest BCUT2D eigenvalue weighted by Crippen LogP contribution is 2.21. The molecule has 2 aromatic carbocycles. The molecule has 29 heavy (non-hydrogen) atoms. The van der Waals surface area contributed by atoms with Crippen molar-refractivity contribution < 1.29 is 22.0 Å². The van der Waals surface area contributed by atoms with Crippen LogP contribution in [-0.4, -0.2) is 31.7 Å². The summed E-state index contributed by atoms with van der Waals surface area (Å²) in [4.78, 5) is 12.3. The highest BCUT2D eigenvalue weighted by atomic mass is 32.2. The molecule has 5 nitrogen and oxygen atoms in total. The van der Waals surface area contributed by atoms with E-state index in [4.69, 9.17) is 0 Å². The summed E-state index contributed by atoms with van der Waals surface area (Å²) >= 11 is 0. The number of carbonyl (C=O) groups is 1. The molecule has 0 spiro atoms.